The fourth-order valence-electron chi connectivity index (χ4n) is 1.29. The van der Waals surface area contributed by atoms with Crippen molar-refractivity contribution in [2.24, 2.45) is 0 Å². The van der Waals surface area contributed by atoms with Gasteiger partial charge in [-0.25, -0.2) is 0 Å². The minimum Gasteiger partial charge on any atom is -0.491 e. The van der Waals surface area contributed by atoms with Crippen LogP contribution < -0.4 is 4.74 Å². The van der Waals surface area contributed by atoms with Gasteiger partial charge in [-0.15, -0.1) is 0 Å². The molecular formula is C11H12ClF3O. The summed E-state index contributed by atoms with van der Waals surface area (Å²) in [5, 5.41) is 0.000718. The summed E-state index contributed by atoms with van der Waals surface area (Å²) in [6.45, 7) is 3.59. The highest BCUT2D eigenvalue weighted by Crippen LogP contribution is 2.41. The molecule has 0 heterocycles. The molecule has 0 aromatic heterocycles. The summed E-state index contributed by atoms with van der Waals surface area (Å²) in [6.07, 6.45) is -3.82. The zero-order valence-corrected chi connectivity index (χ0v) is 9.74. The van der Waals surface area contributed by atoms with Crippen LogP contribution in [0.3, 0.4) is 0 Å². The number of halogens is 4. The van der Waals surface area contributed by atoms with E-state index in [9.17, 15) is 13.2 Å². The second-order valence-corrected chi connectivity index (χ2v) is 3.88. The van der Waals surface area contributed by atoms with Crippen molar-refractivity contribution >= 4 is 11.6 Å². The first kappa shape index (κ1) is 13.2. The third-order valence-corrected chi connectivity index (χ3v) is 2.22. The lowest BCUT2D eigenvalue weighted by Crippen LogP contribution is -2.10. The van der Waals surface area contributed by atoms with Gasteiger partial charge in [0.15, 0.2) is 0 Å². The Hall–Kier alpha value is -0.900. The third kappa shape index (κ3) is 3.04. The molecule has 1 rings (SSSR count). The fraction of sp³-hybridized carbons (Fsp3) is 0.455. The van der Waals surface area contributed by atoms with E-state index >= 15 is 0 Å². The van der Waals surface area contributed by atoms with Crippen LogP contribution in [0, 0.1) is 6.92 Å². The van der Waals surface area contributed by atoms with Crippen LogP contribution in [0.25, 0.3) is 0 Å². The molecule has 1 nitrogen and oxygen atoms in total. The van der Waals surface area contributed by atoms with Crippen molar-refractivity contribution in [1.29, 1.82) is 0 Å². The van der Waals surface area contributed by atoms with E-state index in [0.717, 1.165) is 6.07 Å². The van der Waals surface area contributed by atoms with E-state index in [4.69, 9.17) is 16.3 Å². The first-order chi connectivity index (χ1) is 7.36. The molecule has 0 aliphatic rings. The van der Waals surface area contributed by atoms with Crippen molar-refractivity contribution in [3.05, 3.63) is 28.3 Å². The Balaban J connectivity index is 3.21. The predicted octanol–water partition coefficient (Wildman–Crippen LogP) is 4.46. The van der Waals surface area contributed by atoms with Crippen LogP contribution >= 0.6 is 11.6 Å². The number of benzene rings is 1. The average Bonchev–Trinajstić information content (AvgIpc) is 2.14. The Bertz CT molecular complexity index is 374. The van der Waals surface area contributed by atoms with Gasteiger partial charge in [0, 0.05) is 0 Å². The van der Waals surface area contributed by atoms with Crippen molar-refractivity contribution in [3.63, 3.8) is 0 Å². The van der Waals surface area contributed by atoms with Gasteiger partial charge in [0.25, 0.3) is 0 Å². The van der Waals surface area contributed by atoms with Crippen molar-refractivity contribution in [1.82, 2.24) is 0 Å². The van der Waals surface area contributed by atoms with Crippen LogP contribution in [0.4, 0.5) is 13.2 Å². The highest BCUT2D eigenvalue weighted by Gasteiger charge is 2.35. The van der Waals surface area contributed by atoms with Crippen LogP contribution in [-0.2, 0) is 6.18 Å². The van der Waals surface area contributed by atoms with Crippen LogP contribution in [0.2, 0.25) is 5.02 Å². The fourth-order valence-corrected chi connectivity index (χ4v) is 1.62. The molecule has 0 unspecified atom stereocenters. The van der Waals surface area contributed by atoms with Crippen molar-refractivity contribution in [2.45, 2.75) is 26.4 Å². The van der Waals surface area contributed by atoms with Crippen molar-refractivity contribution in [2.75, 3.05) is 6.61 Å². The number of aryl methyl sites for hydroxylation is 1. The summed E-state index contributed by atoms with van der Waals surface area (Å²) >= 11 is 5.75. The maximum Gasteiger partial charge on any atom is 0.420 e. The molecule has 0 fully saturated rings. The molecule has 0 amide bonds. The highest BCUT2D eigenvalue weighted by molar-refractivity contribution is 6.32. The quantitative estimate of drug-likeness (QED) is 0.772. The molecular weight excluding hydrogens is 241 g/mol. The van der Waals surface area contributed by atoms with Gasteiger partial charge >= 0.3 is 6.18 Å². The van der Waals surface area contributed by atoms with Gasteiger partial charge in [-0.2, -0.15) is 13.2 Å². The van der Waals surface area contributed by atoms with Gasteiger partial charge in [0.2, 0.25) is 0 Å². The predicted molar refractivity (Wildman–Crippen MR) is 57.0 cm³/mol. The lowest BCUT2D eigenvalue weighted by molar-refractivity contribution is -0.139. The minimum atomic E-state index is -4.45. The Morgan fingerprint density at radius 3 is 2.44 bits per heavy atom. The zero-order valence-electron chi connectivity index (χ0n) is 8.99. The lowest BCUT2D eigenvalue weighted by Gasteiger charge is -2.15. The second kappa shape index (κ2) is 4.95. The van der Waals surface area contributed by atoms with Gasteiger partial charge in [-0.05, 0) is 31.0 Å². The van der Waals surface area contributed by atoms with E-state index in [1.54, 1.807) is 6.92 Å². The molecule has 0 spiro atoms. The number of alkyl halides is 3. The molecule has 5 heteroatoms. The molecule has 1 aromatic carbocycles. The van der Waals surface area contributed by atoms with Gasteiger partial charge in [0.05, 0.1) is 17.2 Å². The largest absolute Gasteiger partial charge is 0.491 e. The number of hydrogen-bond donors (Lipinski definition) is 0. The Morgan fingerprint density at radius 2 is 1.94 bits per heavy atom. The smallest absolute Gasteiger partial charge is 0.420 e. The Labute approximate surface area is 97.2 Å². The highest BCUT2D eigenvalue weighted by atomic mass is 35.5. The molecule has 1 aromatic rings. The van der Waals surface area contributed by atoms with E-state index in [2.05, 4.69) is 0 Å². The van der Waals surface area contributed by atoms with Crippen LogP contribution in [0.1, 0.15) is 24.5 Å². The topological polar surface area (TPSA) is 9.23 Å². The van der Waals surface area contributed by atoms with Crippen LogP contribution in [-0.4, -0.2) is 6.61 Å². The Kier molecular flexibility index (Phi) is 4.08. The van der Waals surface area contributed by atoms with E-state index in [1.165, 1.54) is 6.07 Å². The maximum absolute atomic E-state index is 12.7. The summed E-state index contributed by atoms with van der Waals surface area (Å²) in [5.74, 6) is -0.276. The molecule has 0 radical (unpaired) electrons. The average molecular weight is 253 g/mol. The zero-order chi connectivity index (χ0) is 12.3. The summed E-state index contributed by atoms with van der Waals surface area (Å²) in [5.41, 5.74) is -0.355. The maximum atomic E-state index is 12.7. The lowest BCUT2D eigenvalue weighted by atomic mass is 10.1. The number of ether oxygens (including phenoxy) is 1. The van der Waals surface area contributed by atoms with Gasteiger partial charge in [0.1, 0.15) is 5.75 Å². The van der Waals surface area contributed by atoms with Crippen molar-refractivity contribution < 1.29 is 17.9 Å². The van der Waals surface area contributed by atoms with E-state index in [-0.39, 0.29) is 17.4 Å². The van der Waals surface area contributed by atoms with E-state index in [0.29, 0.717) is 12.0 Å². The molecule has 90 valence electrons. The van der Waals surface area contributed by atoms with Gasteiger partial charge in [-0.3, -0.25) is 0 Å². The van der Waals surface area contributed by atoms with Crippen molar-refractivity contribution in [3.8, 4) is 5.75 Å². The summed E-state index contributed by atoms with van der Waals surface area (Å²) in [4.78, 5) is 0. The molecule has 0 N–H and O–H groups in total. The third-order valence-electron chi connectivity index (χ3n) is 1.94. The van der Waals surface area contributed by atoms with Crippen LogP contribution in [0.15, 0.2) is 12.1 Å². The summed E-state index contributed by atoms with van der Waals surface area (Å²) in [6, 6.07) is 2.50. The minimum absolute atomic E-state index is 0.000718. The van der Waals surface area contributed by atoms with Gasteiger partial charge < -0.3 is 4.74 Å². The first-order valence-corrected chi connectivity index (χ1v) is 5.24. The molecule has 0 aliphatic carbocycles. The van der Waals surface area contributed by atoms with Crippen LogP contribution in [0.5, 0.6) is 5.75 Å². The molecule has 16 heavy (non-hydrogen) atoms. The Morgan fingerprint density at radius 1 is 1.31 bits per heavy atom. The SMILES string of the molecule is CCCOc1c(Cl)cc(C)cc1C(F)(F)F. The molecule has 0 aliphatic heterocycles. The standard InChI is InChI=1S/C11H12ClF3O/c1-3-4-16-10-8(11(13,14)15)5-7(2)6-9(10)12/h5-6H,3-4H2,1-2H3. The summed E-state index contributed by atoms with van der Waals surface area (Å²) in [7, 11) is 0. The normalized spacial score (nSPS) is 11.6. The van der Waals surface area contributed by atoms with E-state index < -0.39 is 11.7 Å². The number of rotatable bonds is 3. The second-order valence-electron chi connectivity index (χ2n) is 3.47. The molecule has 0 bridgehead atoms. The number of hydrogen-bond acceptors (Lipinski definition) is 1. The van der Waals surface area contributed by atoms with E-state index in [1.807, 2.05) is 6.92 Å². The summed E-state index contributed by atoms with van der Waals surface area (Å²) < 4.78 is 43.1. The van der Waals surface area contributed by atoms with Gasteiger partial charge in [-0.1, -0.05) is 18.5 Å². The monoisotopic (exact) mass is 252 g/mol. The molecule has 0 saturated carbocycles. The molecule has 0 saturated heterocycles. The molecule has 0 atom stereocenters. The first-order valence-electron chi connectivity index (χ1n) is 4.86.